The first-order valence-corrected chi connectivity index (χ1v) is 12.1. The van der Waals surface area contributed by atoms with Gasteiger partial charge in [0.05, 0.1) is 17.7 Å². The van der Waals surface area contributed by atoms with Crippen LogP contribution in [0.3, 0.4) is 0 Å². The first kappa shape index (κ1) is 25.2. The fourth-order valence-electron chi connectivity index (χ4n) is 3.30. The first-order chi connectivity index (χ1) is 16.3. The van der Waals surface area contributed by atoms with Gasteiger partial charge in [0.2, 0.25) is 5.91 Å². The second-order valence-corrected chi connectivity index (χ2v) is 9.72. The average Bonchev–Trinajstić information content (AvgIpc) is 2.84. The Balaban J connectivity index is 1.90. The van der Waals surface area contributed by atoms with Crippen molar-refractivity contribution >= 4 is 33.2 Å². The van der Waals surface area contributed by atoms with Crippen LogP contribution in [0.15, 0.2) is 76.8 Å². The standard InChI is InChI=1S/C24H24ClN3O5S/c1-17-22(25)7-4-8-23(17)28(34(31,32)21-6-3-5-19(13-21)15-27-30)16-24(29)26-14-18-9-11-20(33-2)12-10-18/h3-13H,14-16H2,1-2H3,(H,26,29). The number of methoxy groups -OCH3 is 1. The molecule has 0 saturated heterocycles. The van der Waals surface area contributed by atoms with Crippen molar-refractivity contribution in [2.24, 2.45) is 5.18 Å². The molecule has 1 N–H and O–H groups in total. The van der Waals surface area contributed by atoms with Crippen LogP contribution in [0, 0.1) is 11.8 Å². The summed E-state index contributed by atoms with van der Waals surface area (Å²) in [6.45, 7) is 1.27. The van der Waals surface area contributed by atoms with Crippen LogP contribution in [0.2, 0.25) is 5.02 Å². The molecule has 0 radical (unpaired) electrons. The number of rotatable bonds is 10. The summed E-state index contributed by atoms with van der Waals surface area (Å²) in [5.41, 5.74) is 2.08. The third-order valence-corrected chi connectivity index (χ3v) is 7.34. The molecule has 0 aliphatic heterocycles. The molecule has 0 aliphatic rings. The Kier molecular flexibility index (Phi) is 8.25. The van der Waals surface area contributed by atoms with Crippen molar-refractivity contribution in [2.45, 2.75) is 24.9 Å². The molecular weight excluding hydrogens is 478 g/mol. The van der Waals surface area contributed by atoms with Crippen molar-refractivity contribution in [1.29, 1.82) is 0 Å². The van der Waals surface area contributed by atoms with E-state index in [1.165, 1.54) is 18.2 Å². The van der Waals surface area contributed by atoms with Crippen LogP contribution in [0.25, 0.3) is 0 Å². The highest BCUT2D eigenvalue weighted by molar-refractivity contribution is 7.92. The molecule has 0 bridgehead atoms. The van der Waals surface area contributed by atoms with E-state index in [9.17, 15) is 18.1 Å². The summed E-state index contributed by atoms with van der Waals surface area (Å²) in [5.74, 6) is 0.195. The normalized spacial score (nSPS) is 11.0. The summed E-state index contributed by atoms with van der Waals surface area (Å²) in [6.07, 6.45) is 0. The van der Waals surface area contributed by atoms with Crippen molar-refractivity contribution in [3.8, 4) is 5.75 Å². The lowest BCUT2D eigenvalue weighted by molar-refractivity contribution is -0.119. The van der Waals surface area contributed by atoms with Crippen LogP contribution >= 0.6 is 11.6 Å². The minimum Gasteiger partial charge on any atom is -0.497 e. The molecule has 0 heterocycles. The van der Waals surface area contributed by atoms with Crippen LogP contribution in [-0.4, -0.2) is 28.0 Å². The lowest BCUT2D eigenvalue weighted by Crippen LogP contribution is -2.41. The molecule has 0 atom stereocenters. The Morgan fingerprint density at radius 3 is 2.44 bits per heavy atom. The third kappa shape index (κ3) is 5.92. The summed E-state index contributed by atoms with van der Waals surface area (Å²) < 4.78 is 33.4. The Labute approximate surface area is 203 Å². The van der Waals surface area contributed by atoms with Crippen LogP contribution < -0.4 is 14.4 Å². The van der Waals surface area contributed by atoms with E-state index in [-0.39, 0.29) is 23.7 Å². The fraction of sp³-hybridized carbons (Fsp3) is 0.208. The minimum absolute atomic E-state index is 0.0593. The highest BCUT2D eigenvalue weighted by Crippen LogP contribution is 2.31. The Bertz CT molecular complexity index is 1280. The number of carbonyl (C=O) groups is 1. The van der Waals surface area contributed by atoms with Gasteiger partial charge in [0.1, 0.15) is 18.8 Å². The largest absolute Gasteiger partial charge is 0.497 e. The maximum Gasteiger partial charge on any atom is 0.264 e. The van der Waals surface area contributed by atoms with Crippen molar-refractivity contribution in [3.63, 3.8) is 0 Å². The third-order valence-electron chi connectivity index (χ3n) is 5.18. The number of hydrogen-bond donors (Lipinski definition) is 1. The Morgan fingerprint density at radius 1 is 1.06 bits per heavy atom. The van der Waals surface area contributed by atoms with Crippen molar-refractivity contribution in [1.82, 2.24) is 5.32 Å². The summed E-state index contributed by atoms with van der Waals surface area (Å²) in [5, 5.41) is 5.94. The number of ether oxygens (including phenoxy) is 1. The lowest BCUT2D eigenvalue weighted by Gasteiger charge is -2.26. The number of nitrogens with zero attached hydrogens (tertiary/aromatic N) is 2. The van der Waals surface area contributed by atoms with Gasteiger partial charge in [0.25, 0.3) is 10.0 Å². The van der Waals surface area contributed by atoms with E-state index in [1.807, 2.05) is 0 Å². The van der Waals surface area contributed by atoms with E-state index in [2.05, 4.69) is 10.5 Å². The Hall–Kier alpha value is -3.43. The van der Waals surface area contributed by atoms with Gasteiger partial charge in [-0.25, -0.2) is 8.42 Å². The average molecular weight is 502 g/mol. The second kappa shape index (κ2) is 11.1. The molecule has 1 amide bonds. The smallest absolute Gasteiger partial charge is 0.264 e. The topological polar surface area (TPSA) is 105 Å². The molecule has 10 heteroatoms. The van der Waals surface area contributed by atoms with E-state index < -0.39 is 22.5 Å². The van der Waals surface area contributed by atoms with Crippen molar-refractivity contribution in [3.05, 3.63) is 93.4 Å². The number of carbonyl (C=O) groups excluding carboxylic acids is 1. The van der Waals surface area contributed by atoms with Crippen LogP contribution in [0.1, 0.15) is 16.7 Å². The van der Waals surface area contributed by atoms with Gasteiger partial charge in [-0.2, -0.15) is 4.91 Å². The summed E-state index contributed by atoms with van der Waals surface area (Å²) in [7, 11) is -2.60. The predicted octanol–water partition coefficient (Wildman–Crippen LogP) is 4.44. The van der Waals surface area contributed by atoms with Gasteiger partial charge < -0.3 is 10.1 Å². The number of halogens is 1. The van der Waals surface area contributed by atoms with Gasteiger partial charge in [0, 0.05) is 11.6 Å². The number of anilines is 1. The molecule has 3 aromatic carbocycles. The maximum atomic E-state index is 13.6. The molecule has 0 fully saturated rings. The summed E-state index contributed by atoms with van der Waals surface area (Å²) in [4.78, 5) is 23.4. The van der Waals surface area contributed by atoms with Crippen LogP contribution in [0.5, 0.6) is 5.75 Å². The number of benzene rings is 3. The zero-order chi connectivity index (χ0) is 24.7. The molecule has 0 aliphatic carbocycles. The molecule has 0 aromatic heterocycles. The number of amides is 1. The maximum absolute atomic E-state index is 13.6. The van der Waals surface area contributed by atoms with Crippen LogP contribution in [-0.2, 0) is 27.9 Å². The summed E-state index contributed by atoms with van der Waals surface area (Å²) in [6, 6.07) is 17.9. The van der Waals surface area contributed by atoms with Gasteiger partial charge in [0.15, 0.2) is 0 Å². The molecule has 3 aromatic rings. The van der Waals surface area contributed by atoms with E-state index in [1.54, 1.807) is 62.6 Å². The molecule has 3 rings (SSSR count). The number of nitrogens with one attached hydrogen (secondary N) is 1. The van der Waals surface area contributed by atoms with E-state index >= 15 is 0 Å². The van der Waals surface area contributed by atoms with Gasteiger partial charge >= 0.3 is 0 Å². The molecule has 8 nitrogen and oxygen atoms in total. The molecule has 34 heavy (non-hydrogen) atoms. The van der Waals surface area contributed by atoms with Gasteiger partial charge in [-0.05, 0) is 60.0 Å². The van der Waals surface area contributed by atoms with Gasteiger partial charge in [-0.15, -0.1) is 0 Å². The number of hydrogen-bond acceptors (Lipinski definition) is 6. The molecule has 178 valence electrons. The monoisotopic (exact) mass is 501 g/mol. The zero-order valence-corrected chi connectivity index (χ0v) is 20.3. The minimum atomic E-state index is -4.17. The van der Waals surface area contributed by atoms with Gasteiger partial charge in [-0.1, -0.05) is 47.1 Å². The van der Waals surface area contributed by atoms with Crippen molar-refractivity contribution in [2.75, 3.05) is 18.0 Å². The van der Waals surface area contributed by atoms with Crippen molar-refractivity contribution < 1.29 is 17.9 Å². The van der Waals surface area contributed by atoms with E-state index in [0.29, 0.717) is 21.9 Å². The quantitative estimate of drug-likeness (QED) is 0.413. The van der Waals surface area contributed by atoms with Gasteiger partial charge in [-0.3, -0.25) is 9.10 Å². The molecule has 0 unspecified atom stereocenters. The number of nitroso groups, excluding NO2 is 1. The van der Waals surface area contributed by atoms with E-state index in [4.69, 9.17) is 16.3 Å². The fourth-order valence-corrected chi connectivity index (χ4v) is 5.02. The molecule has 0 saturated carbocycles. The first-order valence-electron chi connectivity index (χ1n) is 10.3. The molecule has 0 spiro atoms. The second-order valence-electron chi connectivity index (χ2n) is 7.46. The highest BCUT2D eigenvalue weighted by atomic mass is 35.5. The summed E-state index contributed by atoms with van der Waals surface area (Å²) >= 11 is 6.24. The predicted molar refractivity (Wildman–Crippen MR) is 132 cm³/mol. The van der Waals surface area contributed by atoms with E-state index in [0.717, 1.165) is 9.87 Å². The SMILES string of the molecule is COc1ccc(CNC(=O)CN(c2cccc(Cl)c2C)S(=O)(=O)c2cccc(CN=O)c2)cc1. The lowest BCUT2D eigenvalue weighted by atomic mass is 10.2. The van der Waals surface area contributed by atoms with Crippen LogP contribution in [0.4, 0.5) is 5.69 Å². The zero-order valence-electron chi connectivity index (χ0n) is 18.7. The molecular formula is C24H24ClN3O5S. The highest BCUT2D eigenvalue weighted by Gasteiger charge is 2.29. The number of sulfonamides is 1. The Morgan fingerprint density at radius 2 is 1.76 bits per heavy atom.